The number of carbonyl (C=O) groups excluding carboxylic acids is 2. The number of nitrogens with one attached hydrogen (secondary N) is 1. The Morgan fingerprint density at radius 1 is 1.16 bits per heavy atom. The molecule has 162 valence electrons. The Labute approximate surface area is 180 Å². The highest BCUT2D eigenvalue weighted by Crippen LogP contribution is 2.36. The SMILES string of the molecule is Cc1c(C(=O)O[C@H](C(=O)Nc2ccc(Cl)c(C(F)(F)F)c2)c2ccccc2)cnn1C. The third kappa shape index (κ3) is 5.05. The molecule has 6 nitrogen and oxygen atoms in total. The lowest BCUT2D eigenvalue weighted by molar-refractivity contribution is -0.137. The van der Waals surface area contributed by atoms with Crippen molar-refractivity contribution in [3.05, 3.63) is 82.1 Å². The number of aromatic nitrogens is 2. The summed E-state index contributed by atoms with van der Waals surface area (Å²) in [7, 11) is 1.65. The summed E-state index contributed by atoms with van der Waals surface area (Å²) in [5, 5.41) is 5.83. The largest absolute Gasteiger partial charge is 0.444 e. The first-order chi connectivity index (χ1) is 14.6. The second-order valence-corrected chi connectivity index (χ2v) is 7.05. The molecule has 0 radical (unpaired) electrons. The Hall–Kier alpha value is -3.33. The van der Waals surface area contributed by atoms with Gasteiger partial charge in [-0.2, -0.15) is 18.3 Å². The number of benzene rings is 2. The molecule has 0 saturated carbocycles. The summed E-state index contributed by atoms with van der Waals surface area (Å²) in [6.07, 6.45) is -4.79. The van der Waals surface area contributed by atoms with E-state index >= 15 is 0 Å². The predicted molar refractivity (Wildman–Crippen MR) is 108 cm³/mol. The van der Waals surface area contributed by atoms with Crippen molar-refractivity contribution in [2.75, 3.05) is 5.32 Å². The fourth-order valence-electron chi connectivity index (χ4n) is 2.80. The number of carbonyl (C=O) groups is 2. The van der Waals surface area contributed by atoms with E-state index in [1.54, 1.807) is 44.3 Å². The molecule has 1 atom stereocenters. The molecule has 0 bridgehead atoms. The van der Waals surface area contributed by atoms with Gasteiger partial charge >= 0.3 is 12.1 Å². The minimum Gasteiger partial charge on any atom is -0.444 e. The molecule has 1 aromatic heterocycles. The van der Waals surface area contributed by atoms with Gasteiger partial charge in [0.25, 0.3) is 5.91 Å². The van der Waals surface area contributed by atoms with E-state index in [0.29, 0.717) is 11.3 Å². The summed E-state index contributed by atoms with van der Waals surface area (Å²) in [6, 6.07) is 11.1. The lowest BCUT2D eigenvalue weighted by Crippen LogP contribution is -2.26. The molecule has 10 heteroatoms. The van der Waals surface area contributed by atoms with E-state index in [9.17, 15) is 22.8 Å². The average Bonchev–Trinajstić information content (AvgIpc) is 3.06. The zero-order valence-electron chi connectivity index (χ0n) is 16.4. The number of nitrogens with zero attached hydrogens (tertiary/aromatic N) is 2. The molecular formula is C21H17ClF3N3O3. The summed E-state index contributed by atoms with van der Waals surface area (Å²) in [5.41, 5.74) is -0.186. The molecular weight excluding hydrogens is 435 g/mol. The number of halogens is 4. The number of alkyl halides is 3. The molecule has 0 aliphatic rings. The van der Waals surface area contributed by atoms with Crippen LogP contribution in [0.25, 0.3) is 0 Å². The first kappa shape index (κ1) is 22.4. The van der Waals surface area contributed by atoms with Crippen molar-refractivity contribution in [3.8, 4) is 0 Å². The van der Waals surface area contributed by atoms with Crippen LogP contribution in [0.5, 0.6) is 0 Å². The zero-order chi connectivity index (χ0) is 22.8. The van der Waals surface area contributed by atoms with Crippen LogP contribution in [0, 0.1) is 6.92 Å². The maximum absolute atomic E-state index is 13.1. The molecule has 0 unspecified atom stereocenters. The Bertz CT molecular complexity index is 1110. The summed E-state index contributed by atoms with van der Waals surface area (Å²) in [6.45, 7) is 1.66. The van der Waals surface area contributed by atoms with E-state index < -0.39 is 34.7 Å². The maximum Gasteiger partial charge on any atom is 0.417 e. The number of hydrogen-bond acceptors (Lipinski definition) is 4. The second kappa shape index (κ2) is 8.81. The summed E-state index contributed by atoms with van der Waals surface area (Å²) in [5.74, 6) is -1.61. The monoisotopic (exact) mass is 451 g/mol. The van der Waals surface area contributed by atoms with Crippen LogP contribution in [-0.4, -0.2) is 21.7 Å². The number of anilines is 1. The quantitative estimate of drug-likeness (QED) is 0.558. The van der Waals surface area contributed by atoms with E-state index in [-0.39, 0.29) is 11.3 Å². The molecule has 0 fully saturated rings. The van der Waals surface area contributed by atoms with Crippen molar-refractivity contribution in [3.63, 3.8) is 0 Å². The van der Waals surface area contributed by atoms with Crippen LogP contribution in [0.2, 0.25) is 5.02 Å². The molecule has 3 rings (SSSR count). The molecule has 0 saturated heterocycles. The molecule has 0 aliphatic heterocycles. The van der Waals surface area contributed by atoms with Gasteiger partial charge < -0.3 is 10.1 Å². The van der Waals surface area contributed by atoms with Crippen LogP contribution >= 0.6 is 11.6 Å². The van der Waals surface area contributed by atoms with E-state index in [2.05, 4.69) is 10.4 Å². The summed E-state index contributed by atoms with van der Waals surface area (Å²) < 4.78 is 46.2. The van der Waals surface area contributed by atoms with Gasteiger partial charge in [-0.1, -0.05) is 41.9 Å². The van der Waals surface area contributed by atoms with Crippen molar-refractivity contribution in [2.45, 2.75) is 19.2 Å². The highest BCUT2D eigenvalue weighted by molar-refractivity contribution is 6.31. The summed E-state index contributed by atoms with van der Waals surface area (Å²) >= 11 is 5.62. The normalized spacial score (nSPS) is 12.3. The minimum atomic E-state index is -4.69. The van der Waals surface area contributed by atoms with E-state index in [4.69, 9.17) is 16.3 Å². The van der Waals surface area contributed by atoms with Gasteiger partial charge in [0.2, 0.25) is 6.10 Å². The van der Waals surface area contributed by atoms with Crippen LogP contribution in [0.15, 0.2) is 54.7 Å². The Kier molecular flexibility index (Phi) is 6.35. The number of hydrogen-bond donors (Lipinski definition) is 1. The van der Waals surface area contributed by atoms with Crippen molar-refractivity contribution < 1.29 is 27.5 Å². The molecule has 0 spiro atoms. The van der Waals surface area contributed by atoms with Crippen molar-refractivity contribution in [1.29, 1.82) is 0 Å². The van der Waals surface area contributed by atoms with Crippen molar-refractivity contribution >= 4 is 29.2 Å². The molecule has 3 aromatic rings. The van der Waals surface area contributed by atoms with Gasteiger partial charge in [-0.15, -0.1) is 0 Å². The molecule has 31 heavy (non-hydrogen) atoms. The van der Waals surface area contributed by atoms with Gasteiger partial charge in [-0.05, 0) is 25.1 Å². The number of aryl methyl sites for hydroxylation is 1. The number of esters is 1. The third-order valence-electron chi connectivity index (χ3n) is 4.56. The van der Waals surface area contributed by atoms with Gasteiger partial charge in [0.15, 0.2) is 0 Å². The van der Waals surface area contributed by atoms with E-state index in [0.717, 1.165) is 12.1 Å². The molecule has 1 N–H and O–H groups in total. The number of ether oxygens (including phenoxy) is 1. The van der Waals surface area contributed by atoms with Crippen LogP contribution in [0.3, 0.4) is 0 Å². The maximum atomic E-state index is 13.1. The van der Waals surface area contributed by atoms with Crippen LogP contribution in [0.1, 0.15) is 33.3 Å². The van der Waals surface area contributed by atoms with E-state index in [1.165, 1.54) is 16.9 Å². The third-order valence-corrected chi connectivity index (χ3v) is 4.89. The van der Waals surface area contributed by atoms with Gasteiger partial charge in [0, 0.05) is 24.0 Å². The highest BCUT2D eigenvalue weighted by atomic mass is 35.5. The van der Waals surface area contributed by atoms with Gasteiger partial charge in [0.05, 0.1) is 16.8 Å². The van der Waals surface area contributed by atoms with Crippen LogP contribution < -0.4 is 5.32 Å². The van der Waals surface area contributed by atoms with Gasteiger partial charge in [-0.25, -0.2) is 4.79 Å². The average molecular weight is 452 g/mol. The fraction of sp³-hybridized carbons (Fsp3) is 0.190. The topological polar surface area (TPSA) is 73.2 Å². The zero-order valence-corrected chi connectivity index (χ0v) is 17.2. The van der Waals surface area contributed by atoms with Crippen LogP contribution in [-0.2, 0) is 22.8 Å². The summed E-state index contributed by atoms with van der Waals surface area (Å²) in [4.78, 5) is 25.5. The predicted octanol–water partition coefficient (Wildman–Crippen LogP) is 4.94. The first-order valence-electron chi connectivity index (χ1n) is 9.00. The highest BCUT2D eigenvalue weighted by Gasteiger charge is 2.34. The lowest BCUT2D eigenvalue weighted by Gasteiger charge is -2.19. The Balaban J connectivity index is 1.89. The fourth-order valence-corrected chi connectivity index (χ4v) is 3.02. The first-order valence-corrected chi connectivity index (χ1v) is 9.38. The lowest BCUT2D eigenvalue weighted by atomic mass is 10.1. The van der Waals surface area contributed by atoms with Crippen molar-refractivity contribution in [1.82, 2.24) is 9.78 Å². The molecule has 2 aromatic carbocycles. The van der Waals surface area contributed by atoms with Crippen LogP contribution in [0.4, 0.5) is 18.9 Å². The van der Waals surface area contributed by atoms with Crippen molar-refractivity contribution in [2.24, 2.45) is 7.05 Å². The van der Waals surface area contributed by atoms with Gasteiger partial charge in [-0.3, -0.25) is 9.48 Å². The minimum absolute atomic E-state index is 0.142. The number of amides is 1. The smallest absolute Gasteiger partial charge is 0.417 e. The second-order valence-electron chi connectivity index (χ2n) is 6.64. The Morgan fingerprint density at radius 3 is 2.42 bits per heavy atom. The standard InChI is InChI=1S/C21H17ClF3N3O3/c1-12-15(11-26-28(12)2)20(30)31-18(13-6-4-3-5-7-13)19(29)27-14-8-9-17(22)16(10-14)21(23,24)25/h3-11,18H,1-2H3,(H,27,29)/t18-/m0/s1. The van der Waals surface area contributed by atoms with Gasteiger partial charge in [0.1, 0.15) is 5.56 Å². The van der Waals surface area contributed by atoms with E-state index in [1.807, 2.05) is 0 Å². The number of rotatable bonds is 5. The molecule has 1 heterocycles. The molecule has 1 amide bonds. The molecule has 0 aliphatic carbocycles. The Morgan fingerprint density at radius 2 is 1.84 bits per heavy atom.